The number of benzene rings is 2. The average Bonchev–Trinajstić information content (AvgIpc) is 2.48. The summed E-state index contributed by atoms with van der Waals surface area (Å²) in [6, 6.07) is 6.29. The molecule has 2 nitrogen and oxygen atoms in total. The lowest BCUT2D eigenvalue weighted by atomic mass is 10.2. The van der Waals surface area contributed by atoms with E-state index in [0.717, 1.165) is 0 Å². The molecule has 1 N–H and O–H groups in total. The maximum Gasteiger partial charge on any atom is 0.200 e. The van der Waals surface area contributed by atoms with Gasteiger partial charge in [0.05, 0.1) is 22.5 Å². The van der Waals surface area contributed by atoms with E-state index in [-0.39, 0.29) is 5.02 Å². The van der Waals surface area contributed by atoms with Gasteiger partial charge in [0.1, 0.15) is 0 Å². The van der Waals surface area contributed by atoms with E-state index in [1.807, 2.05) is 0 Å². The summed E-state index contributed by atoms with van der Waals surface area (Å²) in [6.45, 7) is 0. The molecule has 8 heteroatoms. The van der Waals surface area contributed by atoms with Crippen molar-refractivity contribution in [3.05, 3.63) is 63.9 Å². The van der Waals surface area contributed by atoms with Gasteiger partial charge in [0.25, 0.3) is 0 Å². The summed E-state index contributed by atoms with van der Waals surface area (Å²) in [5.74, 6) is -10.2. The first-order valence-electron chi connectivity index (χ1n) is 5.48. The Hall–Kier alpha value is -2.15. The molecule has 0 bridgehead atoms. The number of anilines is 1. The van der Waals surface area contributed by atoms with Crippen LogP contribution in [0.1, 0.15) is 5.56 Å². The third-order valence-electron chi connectivity index (χ3n) is 2.50. The quantitative estimate of drug-likeness (QED) is 0.291. The molecule has 2 aromatic rings. The largest absolute Gasteiger partial charge is 0.277 e. The van der Waals surface area contributed by atoms with E-state index in [4.69, 9.17) is 11.6 Å². The number of hydrazone groups is 1. The highest BCUT2D eigenvalue weighted by Gasteiger charge is 2.24. The van der Waals surface area contributed by atoms with Gasteiger partial charge >= 0.3 is 0 Å². The first kappa shape index (κ1) is 15.2. The SMILES string of the molecule is Fc1c(F)c(F)c(/C=N\Nc2ccccc2Cl)c(F)c1F. The fourth-order valence-corrected chi connectivity index (χ4v) is 1.63. The van der Waals surface area contributed by atoms with E-state index in [9.17, 15) is 22.0 Å². The normalized spacial score (nSPS) is 11.1. The Morgan fingerprint density at radius 1 is 0.857 bits per heavy atom. The van der Waals surface area contributed by atoms with Crippen LogP contribution in [0.4, 0.5) is 27.6 Å². The average molecular weight is 321 g/mol. The molecule has 0 spiro atoms. The molecule has 110 valence electrons. The molecule has 0 aliphatic heterocycles. The third kappa shape index (κ3) is 2.97. The molecule has 0 unspecified atom stereocenters. The molecule has 0 heterocycles. The first-order valence-corrected chi connectivity index (χ1v) is 5.86. The van der Waals surface area contributed by atoms with E-state index >= 15 is 0 Å². The molecular weight excluding hydrogens is 315 g/mol. The Balaban J connectivity index is 2.32. The predicted octanol–water partition coefficient (Wildman–Crippen LogP) is 4.48. The number of rotatable bonds is 3. The second-order valence-electron chi connectivity index (χ2n) is 3.83. The second kappa shape index (κ2) is 6.09. The van der Waals surface area contributed by atoms with Gasteiger partial charge in [-0.1, -0.05) is 23.7 Å². The van der Waals surface area contributed by atoms with Crippen LogP contribution in [0.5, 0.6) is 0 Å². The van der Waals surface area contributed by atoms with Crippen LogP contribution in [-0.2, 0) is 0 Å². The lowest BCUT2D eigenvalue weighted by molar-refractivity contribution is 0.377. The van der Waals surface area contributed by atoms with Gasteiger partial charge in [-0.25, -0.2) is 22.0 Å². The molecule has 0 amide bonds. The molecule has 0 aliphatic rings. The minimum Gasteiger partial charge on any atom is -0.277 e. The van der Waals surface area contributed by atoms with Crippen molar-refractivity contribution in [1.82, 2.24) is 0 Å². The number of nitrogens with zero attached hydrogens (tertiary/aromatic N) is 1. The summed E-state index contributed by atoms with van der Waals surface area (Å²) in [4.78, 5) is 0. The highest BCUT2D eigenvalue weighted by Crippen LogP contribution is 2.23. The monoisotopic (exact) mass is 320 g/mol. The highest BCUT2D eigenvalue weighted by molar-refractivity contribution is 6.33. The van der Waals surface area contributed by atoms with Crippen molar-refractivity contribution >= 4 is 23.5 Å². The number of nitrogens with one attached hydrogen (secondary N) is 1. The summed E-state index contributed by atoms with van der Waals surface area (Å²) in [5, 5.41) is 3.68. The van der Waals surface area contributed by atoms with E-state index in [0.29, 0.717) is 11.9 Å². The maximum absolute atomic E-state index is 13.3. The fourth-order valence-electron chi connectivity index (χ4n) is 1.45. The van der Waals surface area contributed by atoms with E-state index < -0.39 is 34.6 Å². The first-order chi connectivity index (χ1) is 9.93. The van der Waals surface area contributed by atoms with Gasteiger partial charge in [0.15, 0.2) is 23.3 Å². The molecule has 0 saturated heterocycles. The van der Waals surface area contributed by atoms with Gasteiger partial charge in [-0.05, 0) is 12.1 Å². The summed E-state index contributed by atoms with van der Waals surface area (Å²) in [6.07, 6.45) is 0.486. The number of hydrogen-bond acceptors (Lipinski definition) is 2. The molecule has 2 aromatic carbocycles. The lowest BCUT2D eigenvalue weighted by Crippen LogP contribution is -2.07. The van der Waals surface area contributed by atoms with Crippen molar-refractivity contribution in [2.24, 2.45) is 5.10 Å². The molecule has 0 atom stereocenters. The van der Waals surface area contributed by atoms with Crippen LogP contribution in [0.2, 0.25) is 5.02 Å². The van der Waals surface area contributed by atoms with Gasteiger partial charge in [0.2, 0.25) is 5.82 Å². The van der Waals surface area contributed by atoms with Gasteiger partial charge in [-0.2, -0.15) is 5.10 Å². The van der Waals surface area contributed by atoms with Crippen LogP contribution in [0.3, 0.4) is 0 Å². The Morgan fingerprint density at radius 2 is 1.38 bits per heavy atom. The molecule has 2 rings (SSSR count). The number of para-hydroxylation sites is 1. The summed E-state index contributed by atoms with van der Waals surface area (Å²) in [7, 11) is 0. The Bertz CT molecular complexity index is 689. The fraction of sp³-hybridized carbons (Fsp3) is 0. The zero-order valence-electron chi connectivity index (χ0n) is 10.1. The Morgan fingerprint density at radius 3 is 1.95 bits per heavy atom. The molecule has 0 fully saturated rings. The standard InChI is InChI=1S/C13H6ClF5N2/c14-7-3-1-2-4-8(7)21-20-5-6-9(15)11(17)13(19)12(18)10(6)16/h1-5,21H/b20-5-. The van der Waals surface area contributed by atoms with Crippen molar-refractivity contribution < 1.29 is 22.0 Å². The highest BCUT2D eigenvalue weighted by atomic mass is 35.5. The molecular formula is C13H6ClF5N2. The Kier molecular flexibility index (Phi) is 4.42. The number of halogens is 6. The van der Waals surface area contributed by atoms with Crippen molar-refractivity contribution in [3.8, 4) is 0 Å². The topological polar surface area (TPSA) is 24.4 Å². The van der Waals surface area contributed by atoms with Crippen molar-refractivity contribution in [1.29, 1.82) is 0 Å². The van der Waals surface area contributed by atoms with Crippen molar-refractivity contribution in [3.63, 3.8) is 0 Å². The van der Waals surface area contributed by atoms with Gasteiger partial charge < -0.3 is 0 Å². The van der Waals surface area contributed by atoms with Gasteiger partial charge in [0, 0.05) is 0 Å². The predicted molar refractivity (Wildman–Crippen MR) is 68.9 cm³/mol. The Labute approximate surface area is 120 Å². The van der Waals surface area contributed by atoms with Crippen molar-refractivity contribution in [2.75, 3.05) is 5.43 Å². The van der Waals surface area contributed by atoms with Crippen LogP contribution in [0.15, 0.2) is 29.4 Å². The van der Waals surface area contributed by atoms with E-state index in [2.05, 4.69) is 10.5 Å². The smallest absolute Gasteiger partial charge is 0.200 e. The van der Waals surface area contributed by atoms with Gasteiger partial charge in [-0.15, -0.1) is 0 Å². The van der Waals surface area contributed by atoms with Crippen LogP contribution < -0.4 is 5.43 Å². The maximum atomic E-state index is 13.3. The molecule has 21 heavy (non-hydrogen) atoms. The second-order valence-corrected chi connectivity index (χ2v) is 4.24. The molecule has 0 radical (unpaired) electrons. The van der Waals surface area contributed by atoms with Crippen LogP contribution in [0, 0.1) is 29.1 Å². The number of hydrogen-bond donors (Lipinski definition) is 1. The van der Waals surface area contributed by atoms with Crippen LogP contribution in [-0.4, -0.2) is 6.21 Å². The lowest BCUT2D eigenvalue weighted by Gasteiger charge is -2.05. The summed E-state index contributed by atoms with van der Waals surface area (Å²) in [5.41, 5.74) is 1.49. The van der Waals surface area contributed by atoms with Crippen LogP contribution >= 0.6 is 11.6 Å². The van der Waals surface area contributed by atoms with Gasteiger partial charge in [-0.3, -0.25) is 5.43 Å². The minimum absolute atomic E-state index is 0.270. The third-order valence-corrected chi connectivity index (χ3v) is 2.83. The van der Waals surface area contributed by atoms with E-state index in [1.54, 1.807) is 12.1 Å². The zero-order valence-corrected chi connectivity index (χ0v) is 10.9. The van der Waals surface area contributed by atoms with Crippen molar-refractivity contribution in [2.45, 2.75) is 0 Å². The molecule has 0 saturated carbocycles. The zero-order chi connectivity index (χ0) is 15.6. The molecule has 0 aliphatic carbocycles. The summed E-state index contributed by atoms with van der Waals surface area (Å²) >= 11 is 5.79. The molecule has 0 aromatic heterocycles. The minimum atomic E-state index is -2.22. The van der Waals surface area contributed by atoms with E-state index in [1.165, 1.54) is 12.1 Å². The van der Waals surface area contributed by atoms with Crippen LogP contribution in [0.25, 0.3) is 0 Å². The summed E-state index contributed by atoms with van der Waals surface area (Å²) < 4.78 is 65.4.